The Morgan fingerprint density at radius 2 is 2.04 bits per heavy atom. The van der Waals surface area contributed by atoms with E-state index in [0.29, 0.717) is 12.3 Å². The number of para-hydroxylation sites is 1. The average Bonchev–Trinajstić information content (AvgIpc) is 2.67. The van der Waals surface area contributed by atoms with Crippen LogP contribution >= 0.6 is 0 Å². The van der Waals surface area contributed by atoms with E-state index in [1.54, 1.807) is 0 Å². The Morgan fingerprint density at radius 3 is 2.77 bits per heavy atom. The van der Waals surface area contributed by atoms with Gasteiger partial charge < -0.3 is 14.5 Å². The minimum atomic E-state index is 0.168. The van der Waals surface area contributed by atoms with E-state index in [2.05, 4.69) is 28.7 Å². The van der Waals surface area contributed by atoms with Crippen molar-refractivity contribution < 1.29 is 9.53 Å². The number of rotatable bonds is 6. The number of aromatic nitrogens is 2. The monoisotopic (exact) mass is 354 g/mol. The summed E-state index contributed by atoms with van der Waals surface area (Å²) < 4.78 is 5.80. The van der Waals surface area contributed by atoms with Crippen LogP contribution in [-0.4, -0.2) is 46.5 Å². The molecule has 0 aliphatic carbocycles. The molecule has 6 heteroatoms. The number of unbranched alkanes of at least 4 members (excludes halogenated alkanes) is 1. The lowest BCUT2D eigenvalue weighted by Gasteiger charge is -2.40. The van der Waals surface area contributed by atoms with Crippen molar-refractivity contribution in [3.8, 4) is 11.6 Å². The predicted molar refractivity (Wildman–Crippen MR) is 101 cm³/mol. The zero-order valence-electron chi connectivity index (χ0n) is 15.5. The molecule has 1 atom stereocenters. The van der Waals surface area contributed by atoms with Gasteiger partial charge in [-0.25, -0.2) is 9.97 Å². The fraction of sp³-hybridized carbons (Fsp3) is 0.450. The van der Waals surface area contributed by atoms with Gasteiger partial charge >= 0.3 is 0 Å². The van der Waals surface area contributed by atoms with Crippen molar-refractivity contribution in [2.75, 3.05) is 24.5 Å². The van der Waals surface area contributed by atoms with Crippen molar-refractivity contribution in [1.82, 2.24) is 14.9 Å². The highest BCUT2D eigenvalue weighted by Crippen LogP contribution is 2.24. The Hall–Kier alpha value is -2.63. The van der Waals surface area contributed by atoms with Crippen molar-refractivity contribution in [1.29, 1.82) is 0 Å². The summed E-state index contributed by atoms with van der Waals surface area (Å²) in [6.45, 7) is 6.46. The molecule has 1 aromatic heterocycles. The summed E-state index contributed by atoms with van der Waals surface area (Å²) >= 11 is 0. The molecule has 0 N–H and O–H groups in total. The lowest BCUT2D eigenvalue weighted by atomic mass is 10.1. The number of benzene rings is 1. The summed E-state index contributed by atoms with van der Waals surface area (Å²) in [6.07, 6.45) is 4.17. The largest absolute Gasteiger partial charge is 0.439 e. The molecule has 1 fully saturated rings. The quantitative estimate of drug-likeness (QED) is 0.795. The number of anilines is 1. The third-order valence-electron chi connectivity index (χ3n) is 4.61. The van der Waals surface area contributed by atoms with Crippen LogP contribution in [0.4, 0.5) is 5.82 Å². The first-order valence-corrected chi connectivity index (χ1v) is 9.26. The van der Waals surface area contributed by atoms with E-state index >= 15 is 0 Å². The maximum Gasteiger partial charge on any atom is 0.224 e. The lowest BCUT2D eigenvalue weighted by molar-refractivity contribution is -0.133. The first kappa shape index (κ1) is 18.2. The molecule has 0 bridgehead atoms. The van der Waals surface area contributed by atoms with Gasteiger partial charge in [0.2, 0.25) is 11.8 Å². The van der Waals surface area contributed by atoms with E-state index in [1.165, 1.54) is 6.33 Å². The lowest BCUT2D eigenvalue weighted by Crippen LogP contribution is -2.54. The molecule has 1 aliphatic heterocycles. The normalized spacial score (nSPS) is 17.2. The van der Waals surface area contributed by atoms with Crippen molar-refractivity contribution >= 4 is 11.7 Å². The fourth-order valence-corrected chi connectivity index (χ4v) is 3.18. The van der Waals surface area contributed by atoms with Gasteiger partial charge in [0.1, 0.15) is 17.9 Å². The molecule has 1 amide bonds. The van der Waals surface area contributed by atoms with Crippen molar-refractivity contribution in [2.45, 2.75) is 39.2 Å². The van der Waals surface area contributed by atoms with E-state index in [9.17, 15) is 4.79 Å². The Labute approximate surface area is 154 Å². The van der Waals surface area contributed by atoms with E-state index in [0.717, 1.165) is 44.0 Å². The highest BCUT2D eigenvalue weighted by molar-refractivity contribution is 5.76. The number of piperazine rings is 1. The summed E-state index contributed by atoms with van der Waals surface area (Å²) in [6, 6.07) is 11.6. The van der Waals surface area contributed by atoms with Crippen LogP contribution in [0.15, 0.2) is 42.7 Å². The van der Waals surface area contributed by atoms with Gasteiger partial charge in [-0.15, -0.1) is 0 Å². The molecule has 3 rings (SSSR count). The van der Waals surface area contributed by atoms with Gasteiger partial charge in [-0.05, 0) is 25.5 Å². The van der Waals surface area contributed by atoms with Gasteiger partial charge in [-0.3, -0.25) is 4.79 Å². The van der Waals surface area contributed by atoms with E-state index < -0.39 is 0 Å². The van der Waals surface area contributed by atoms with Crippen LogP contribution in [0.2, 0.25) is 0 Å². The van der Waals surface area contributed by atoms with Gasteiger partial charge in [0.05, 0.1) is 0 Å². The number of hydrogen-bond donors (Lipinski definition) is 0. The van der Waals surface area contributed by atoms with Gasteiger partial charge in [-0.1, -0.05) is 31.5 Å². The molecule has 1 saturated heterocycles. The molecular formula is C20H26N4O2. The molecular weight excluding hydrogens is 328 g/mol. The summed E-state index contributed by atoms with van der Waals surface area (Å²) in [4.78, 5) is 25.1. The zero-order valence-corrected chi connectivity index (χ0v) is 15.5. The number of hydrogen-bond acceptors (Lipinski definition) is 5. The molecule has 26 heavy (non-hydrogen) atoms. The molecule has 1 unspecified atom stereocenters. The average molecular weight is 354 g/mol. The molecule has 138 valence electrons. The van der Waals surface area contributed by atoms with Crippen LogP contribution in [0, 0.1) is 0 Å². The van der Waals surface area contributed by atoms with Gasteiger partial charge in [-0.2, -0.15) is 0 Å². The molecule has 2 heterocycles. The molecule has 0 radical (unpaired) electrons. The maximum atomic E-state index is 12.3. The second-order valence-electron chi connectivity index (χ2n) is 6.62. The molecule has 2 aromatic rings. The van der Waals surface area contributed by atoms with Crippen molar-refractivity contribution in [3.63, 3.8) is 0 Å². The Balaban J connectivity index is 1.63. The maximum absolute atomic E-state index is 12.3. The Bertz CT molecular complexity index is 723. The highest BCUT2D eigenvalue weighted by Gasteiger charge is 2.27. The van der Waals surface area contributed by atoms with Crippen LogP contribution in [-0.2, 0) is 4.79 Å². The fourth-order valence-electron chi connectivity index (χ4n) is 3.18. The highest BCUT2D eigenvalue weighted by atomic mass is 16.5. The minimum absolute atomic E-state index is 0.168. The summed E-state index contributed by atoms with van der Waals surface area (Å²) in [7, 11) is 0. The molecule has 1 aliphatic rings. The molecule has 6 nitrogen and oxygen atoms in total. The van der Waals surface area contributed by atoms with Crippen LogP contribution in [0.25, 0.3) is 0 Å². The van der Waals surface area contributed by atoms with Gasteiger partial charge in [0.25, 0.3) is 0 Å². The van der Waals surface area contributed by atoms with Crippen molar-refractivity contribution in [3.05, 3.63) is 42.7 Å². The van der Waals surface area contributed by atoms with Gasteiger partial charge in [0, 0.05) is 38.2 Å². The second kappa shape index (κ2) is 8.65. The number of carbonyl (C=O) groups is 1. The molecule has 0 saturated carbocycles. The van der Waals surface area contributed by atoms with E-state index in [4.69, 9.17) is 4.74 Å². The minimum Gasteiger partial charge on any atom is -0.439 e. The number of carbonyl (C=O) groups excluding carboxylic acids is 1. The third kappa shape index (κ3) is 4.50. The SMILES string of the molecule is CCCCC(=O)N1CCN(c2cc(Oc3ccccc3)ncn2)CC1C. The smallest absolute Gasteiger partial charge is 0.224 e. The summed E-state index contributed by atoms with van der Waals surface area (Å²) in [5, 5.41) is 0. The topological polar surface area (TPSA) is 58.6 Å². The number of amides is 1. The zero-order chi connectivity index (χ0) is 18.4. The Kier molecular flexibility index (Phi) is 6.04. The van der Waals surface area contributed by atoms with Crippen LogP contribution in [0.3, 0.4) is 0 Å². The summed E-state index contributed by atoms with van der Waals surface area (Å²) in [5.41, 5.74) is 0. The van der Waals surface area contributed by atoms with E-state index in [-0.39, 0.29) is 11.9 Å². The van der Waals surface area contributed by atoms with Crippen LogP contribution < -0.4 is 9.64 Å². The standard InChI is InChI=1S/C20H26N4O2/c1-3-4-10-20(25)24-12-11-23(14-16(24)2)18-13-19(22-15-21-18)26-17-8-6-5-7-9-17/h5-9,13,15-16H,3-4,10-12,14H2,1-2H3. The van der Waals surface area contributed by atoms with Gasteiger partial charge in [0.15, 0.2) is 0 Å². The molecule has 1 aromatic carbocycles. The van der Waals surface area contributed by atoms with Crippen molar-refractivity contribution in [2.24, 2.45) is 0 Å². The first-order valence-electron chi connectivity index (χ1n) is 9.26. The molecule has 0 spiro atoms. The first-order chi connectivity index (χ1) is 12.7. The van der Waals surface area contributed by atoms with Crippen LogP contribution in [0.5, 0.6) is 11.6 Å². The number of ether oxygens (including phenoxy) is 1. The number of nitrogens with zero attached hydrogens (tertiary/aromatic N) is 4. The Morgan fingerprint density at radius 1 is 1.23 bits per heavy atom. The van der Waals surface area contributed by atoms with E-state index in [1.807, 2.05) is 41.3 Å². The van der Waals surface area contributed by atoms with Crippen LogP contribution in [0.1, 0.15) is 33.1 Å². The summed E-state index contributed by atoms with van der Waals surface area (Å²) in [5.74, 6) is 2.36. The second-order valence-corrected chi connectivity index (χ2v) is 6.62. The third-order valence-corrected chi connectivity index (χ3v) is 4.61. The predicted octanol–water partition coefficient (Wildman–Crippen LogP) is 3.50.